The Labute approximate surface area is 88.4 Å². The van der Waals surface area contributed by atoms with E-state index in [4.69, 9.17) is 4.74 Å². The Morgan fingerprint density at radius 3 is 2.33 bits per heavy atom. The molecule has 2 fully saturated rings. The lowest BCUT2D eigenvalue weighted by molar-refractivity contribution is -0.0620. The van der Waals surface area contributed by atoms with E-state index in [1.54, 1.807) is 0 Å². The summed E-state index contributed by atoms with van der Waals surface area (Å²) in [5.74, 6) is 0.680. The van der Waals surface area contributed by atoms with Gasteiger partial charge in [0, 0.05) is 3.92 Å². The van der Waals surface area contributed by atoms with Crippen LogP contribution in [0.4, 0.5) is 0 Å². The van der Waals surface area contributed by atoms with Crippen LogP contribution in [0.2, 0.25) is 0 Å². The molecule has 2 aliphatic heterocycles. The molecular formula is C10H17IO. The summed E-state index contributed by atoms with van der Waals surface area (Å²) in [5.41, 5.74) is 0.436. The molecule has 70 valence electrons. The topological polar surface area (TPSA) is 9.23 Å². The third-order valence-electron chi connectivity index (χ3n) is 3.72. The quantitative estimate of drug-likeness (QED) is 0.529. The highest BCUT2D eigenvalue weighted by Crippen LogP contribution is 2.56. The molecule has 1 nitrogen and oxygen atoms in total. The first kappa shape index (κ1) is 9.25. The van der Waals surface area contributed by atoms with Gasteiger partial charge < -0.3 is 4.74 Å². The van der Waals surface area contributed by atoms with Crippen LogP contribution in [0.3, 0.4) is 0 Å². The summed E-state index contributed by atoms with van der Waals surface area (Å²) in [6.45, 7) is 6.86. The van der Waals surface area contributed by atoms with E-state index < -0.39 is 0 Å². The van der Waals surface area contributed by atoms with Gasteiger partial charge in [0.05, 0.1) is 11.2 Å². The van der Waals surface area contributed by atoms with Gasteiger partial charge in [0.2, 0.25) is 0 Å². The monoisotopic (exact) mass is 280 g/mol. The van der Waals surface area contributed by atoms with Crippen molar-refractivity contribution in [2.75, 3.05) is 0 Å². The standard InChI is InChI=1S/C10H17IO/c1-7(2)10-5-4-9(3,12-10)8(11)6-10/h7-8H,4-6H2,1-3H3/t8-,9-,10+/m1/s1. The van der Waals surface area contributed by atoms with Crippen molar-refractivity contribution in [3.63, 3.8) is 0 Å². The molecule has 2 rings (SSSR count). The van der Waals surface area contributed by atoms with E-state index in [0.717, 1.165) is 3.92 Å². The Kier molecular flexibility index (Phi) is 2.00. The van der Waals surface area contributed by atoms with Gasteiger partial charge in [-0.05, 0) is 32.1 Å². The van der Waals surface area contributed by atoms with Crippen molar-refractivity contribution in [1.29, 1.82) is 0 Å². The fraction of sp³-hybridized carbons (Fsp3) is 1.00. The Morgan fingerprint density at radius 1 is 1.42 bits per heavy atom. The minimum atomic E-state index is 0.199. The van der Waals surface area contributed by atoms with Gasteiger partial charge in [0.1, 0.15) is 0 Å². The number of rotatable bonds is 1. The molecule has 2 aliphatic rings. The predicted molar refractivity (Wildman–Crippen MR) is 58.7 cm³/mol. The summed E-state index contributed by atoms with van der Waals surface area (Å²) in [5, 5.41) is 0. The minimum Gasteiger partial charge on any atom is -0.367 e. The summed E-state index contributed by atoms with van der Waals surface area (Å²) in [6.07, 6.45) is 3.81. The molecule has 0 aliphatic carbocycles. The second-order valence-corrected chi connectivity index (χ2v) is 6.31. The average molecular weight is 280 g/mol. The summed E-state index contributed by atoms with van der Waals surface area (Å²) in [6, 6.07) is 0. The van der Waals surface area contributed by atoms with E-state index in [2.05, 4.69) is 43.4 Å². The molecule has 0 spiro atoms. The van der Waals surface area contributed by atoms with Crippen LogP contribution >= 0.6 is 22.6 Å². The van der Waals surface area contributed by atoms with Gasteiger partial charge in [-0.3, -0.25) is 0 Å². The lowest BCUT2D eigenvalue weighted by atomic mass is 9.77. The molecule has 0 radical (unpaired) electrons. The molecule has 2 heteroatoms. The van der Waals surface area contributed by atoms with Gasteiger partial charge in [-0.2, -0.15) is 0 Å². The van der Waals surface area contributed by atoms with Crippen molar-refractivity contribution in [3.05, 3.63) is 0 Å². The third kappa shape index (κ3) is 1.07. The number of ether oxygens (including phenoxy) is 1. The number of halogens is 1. The van der Waals surface area contributed by atoms with Gasteiger partial charge in [-0.25, -0.2) is 0 Å². The van der Waals surface area contributed by atoms with E-state index >= 15 is 0 Å². The number of fused-ring (bicyclic) bond motifs is 2. The van der Waals surface area contributed by atoms with Crippen LogP contribution in [0.5, 0.6) is 0 Å². The van der Waals surface area contributed by atoms with Crippen molar-refractivity contribution >= 4 is 22.6 Å². The van der Waals surface area contributed by atoms with E-state index in [0.29, 0.717) is 5.92 Å². The van der Waals surface area contributed by atoms with Gasteiger partial charge >= 0.3 is 0 Å². The number of hydrogen-bond donors (Lipinski definition) is 0. The van der Waals surface area contributed by atoms with E-state index in [1.165, 1.54) is 19.3 Å². The van der Waals surface area contributed by atoms with Crippen LogP contribution in [-0.2, 0) is 4.74 Å². The maximum atomic E-state index is 6.21. The summed E-state index contributed by atoms with van der Waals surface area (Å²) in [7, 11) is 0. The molecular weight excluding hydrogens is 263 g/mol. The smallest absolute Gasteiger partial charge is 0.0781 e. The fourth-order valence-electron chi connectivity index (χ4n) is 2.55. The molecule has 0 aromatic rings. The SMILES string of the molecule is CC(C)[C@@]12CC[C@@](C)(O1)[C@H](I)C2. The van der Waals surface area contributed by atoms with Crippen molar-refractivity contribution in [1.82, 2.24) is 0 Å². The largest absolute Gasteiger partial charge is 0.367 e. The Hall–Kier alpha value is 0.690. The van der Waals surface area contributed by atoms with E-state index in [1.807, 2.05) is 0 Å². The zero-order valence-corrected chi connectivity index (χ0v) is 10.2. The minimum absolute atomic E-state index is 0.199. The maximum Gasteiger partial charge on any atom is 0.0781 e. The first-order valence-corrected chi connectivity index (χ1v) is 6.07. The van der Waals surface area contributed by atoms with Crippen LogP contribution in [0.25, 0.3) is 0 Å². The second kappa shape index (κ2) is 2.59. The highest BCUT2D eigenvalue weighted by atomic mass is 127. The molecule has 0 aromatic carbocycles. The first-order valence-electron chi connectivity index (χ1n) is 4.83. The highest BCUT2D eigenvalue weighted by Gasteiger charge is 2.59. The predicted octanol–water partition coefficient (Wildman–Crippen LogP) is 3.16. The average Bonchev–Trinajstić information content (AvgIpc) is 2.41. The molecule has 0 N–H and O–H groups in total. The third-order valence-corrected chi connectivity index (χ3v) is 5.48. The summed E-state index contributed by atoms with van der Waals surface area (Å²) in [4.78, 5) is 0. The molecule has 0 aromatic heterocycles. The Bertz CT molecular complexity index is 204. The van der Waals surface area contributed by atoms with Crippen LogP contribution in [-0.4, -0.2) is 15.1 Å². The molecule has 0 amide bonds. The van der Waals surface area contributed by atoms with Crippen molar-refractivity contribution < 1.29 is 4.74 Å². The molecule has 2 heterocycles. The van der Waals surface area contributed by atoms with Gasteiger partial charge in [-0.15, -0.1) is 0 Å². The number of hydrogen-bond acceptors (Lipinski definition) is 1. The number of alkyl halides is 1. The molecule has 12 heavy (non-hydrogen) atoms. The molecule has 2 bridgehead atoms. The first-order chi connectivity index (χ1) is 5.49. The summed E-state index contributed by atoms with van der Waals surface area (Å²) >= 11 is 2.56. The van der Waals surface area contributed by atoms with Crippen molar-refractivity contribution in [3.8, 4) is 0 Å². The van der Waals surface area contributed by atoms with Gasteiger partial charge in [0.15, 0.2) is 0 Å². The van der Waals surface area contributed by atoms with Crippen LogP contribution in [0.1, 0.15) is 40.0 Å². The van der Waals surface area contributed by atoms with Gasteiger partial charge in [-0.1, -0.05) is 36.4 Å². The van der Waals surface area contributed by atoms with E-state index in [9.17, 15) is 0 Å². The zero-order valence-electron chi connectivity index (χ0n) is 8.06. The zero-order chi connectivity index (χ0) is 8.98. The molecule has 0 saturated carbocycles. The lowest BCUT2D eigenvalue weighted by Crippen LogP contribution is -2.33. The lowest BCUT2D eigenvalue weighted by Gasteiger charge is -2.29. The van der Waals surface area contributed by atoms with Crippen LogP contribution in [0.15, 0.2) is 0 Å². The molecule has 2 saturated heterocycles. The second-order valence-electron chi connectivity index (χ2n) is 4.81. The van der Waals surface area contributed by atoms with Crippen molar-refractivity contribution in [2.24, 2.45) is 5.92 Å². The molecule has 0 unspecified atom stereocenters. The maximum absolute atomic E-state index is 6.21. The highest BCUT2D eigenvalue weighted by molar-refractivity contribution is 14.1. The van der Waals surface area contributed by atoms with Crippen LogP contribution < -0.4 is 0 Å². The van der Waals surface area contributed by atoms with Gasteiger partial charge in [0.25, 0.3) is 0 Å². The Balaban J connectivity index is 2.25. The van der Waals surface area contributed by atoms with E-state index in [-0.39, 0.29) is 11.2 Å². The normalized spacial score (nSPS) is 52.2. The van der Waals surface area contributed by atoms with Crippen molar-refractivity contribution in [2.45, 2.75) is 55.2 Å². The molecule has 3 atom stereocenters. The Morgan fingerprint density at radius 2 is 2.08 bits per heavy atom. The van der Waals surface area contributed by atoms with Crippen LogP contribution in [0, 0.1) is 5.92 Å². The summed E-state index contributed by atoms with van der Waals surface area (Å²) < 4.78 is 6.94. The fourth-order valence-corrected chi connectivity index (χ4v) is 3.74.